The van der Waals surface area contributed by atoms with Crippen LogP contribution in [0.3, 0.4) is 0 Å². The van der Waals surface area contributed by atoms with E-state index in [0.29, 0.717) is 43.7 Å². The third-order valence-electron chi connectivity index (χ3n) is 6.02. The highest BCUT2D eigenvalue weighted by atomic mass is 19.4. The summed E-state index contributed by atoms with van der Waals surface area (Å²) < 4.78 is 54.8. The normalized spacial score (nSPS) is 13.9. The van der Waals surface area contributed by atoms with Crippen molar-refractivity contribution in [3.8, 4) is 11.6 Å². The zero-order valence-electron chi connectivity index (χ0n) is 20.1. The van der Waals surface area contributed by atoms with Crippen molar-refractivity contribution in [2.75, 3.05) is 38.2 Å². The number of morpholine rings is 1. The summed E-state index contributed by atoms with van der Waals surface area (Å²) in [5.41, 5.74) is -1.22. The van der Waals surface area contributed by atoms with E-state index in [0.717, 1.165) is 6.07 Å². The van der Waals surface area contributed by atoms with Crippen molar-refractivity contribution in [3.05, 3.63) is 88.6 Å². The minimum absolute atomic E-state index is 0.210. The Morgan fingerprint density at radius 2 is 1.66 bits per heavy atom. The maximum absolute atomic E-state index is 14.2. The lowest BCUT2D eigenvalue weighted by Crippen LogP contribution is -2.43. The molecular formula is C27H23F3N4O4. The summed E-state index contributed by atoms with van der Waals surface area (Å²) in [6.07, 6.45) is -4.88. The fraction of sp³-hybridized carbons (Fsp3) is 0.222. The monoisotopic (exact) mass is 524 g/mol. The molecule has 0 atom stereocenters. The molecule has 11 heteroatoms. The number of benzene rings is 2. The first-order valence-corrected chi connectivity index (χ1v) is 11.8. The van der Waals surface area contributed by atoms with E-state index in [4.69, 9.17) is 9.47 Å². The molecule has 0 unspecified atom stereocenters. The molecule has 8 nitrogen and oxygen atoms in total. The van der Waals surface area contributed by atoms with Crippen LogP contribution in [0.4, 0.5) is 24.7 Å². The number of carbonyl (C=O) groups is 1. The molecule has 0 aliphatic carbocycles. The van der Waals surface area contributed by atoms with E-state index in [1.165, 1.54) is 9.47 Å². The molecule has 0 bridgehead atoms. The second kappa shape index (κ2) is 10.5. The van der Waals surface area contributed by atoms with Crippen molar-refractivity contribution in [3.63, 3.8) is 0 Å². The van der Waals surface area contributed by atoms with Crippen LogP contribution < -0.4 is 15.5 Å². The van der Waals surface area contributed by atoms with E-state index >= 15 is 0 Å². The number of fused-ring (bicyclic) bond motifs is 1. The maximum atomic E-state index is 14.2. The first-order chi connectivity index (χ1) is 18.3. The van der Waals surface area contributed by atoms with E-state index in [9.17, 15) is 22.8 Å². The molecule has 38 heavy (non-hydrogen) atoms. The van der Waals surface area contributed by atoms with Gasteiger partial charge in [-0.05, 0) is 24.3 Å². The van der Waals surface area contributed by atoms with Crippen LogP contribution in [0.25, 0.3) is 16.7 Å². The zero-order chi connectivity index (χ0) is 26.7. The molecule has 2 aromatic heterocycles. The second-order valence-corrected chi connectivity index (χ2v) is 8.54. The van der Waals surface area contributed by atoms with Crippen LogP contribution in [0.15, 0.2) is 77.6 Å². The van der Waals surface area contributed by atoms with E-state index in [1.54, 1.807) is 54.6 Å². The number of amides is 1. The molecule has 1 amide bonds. The number of halogens is 3. The number of nitrogens with one attached hydrogen (secondary N) is 1. The molecule has 3 heterocycles. The van der Waals surface area contributed by atoms with Crippen molar-refractivity contribution in [2.24, 2.45) is 0 Å². The number of rotatable bonds is 6. The molecule has 2 aromatic carbocycles. The number of anilines is 2. The highest BCUT2D eigenvalue weighted by molar-refractivity contribution is 5.85. The Morgan fingerprint density at radius 1 is 1.00 bits per heavy atom. The second-order valence-electron chi connectivity index (χ2n) is 8.54. The molecule has 1 aliphatic heterocycles. The van der Waals surface area contributed by atoms with Crippen molar-refractivity contribution >= 4 is 28.4 Å². The molecule has 196 valence electrons. The summed E-state index contributed by atoms with van der Waals surface area (Å²) in [5, 5.41) is 2.50. The lowest BCUT2D eigenvalue weighted by molar-refractivity contribution is -0.137. The zero-order valence-corrected chi connectivity index (χ0v) is 20.1. The number of nitrogens with zero attached hydrogens (tertiary/aromatic N) is 3. The van der Waals surface area contributed by atoms with Gasteiger partial charge in [-0.25, -0.2) is 0 Å². The summed E-state index contributed by atoms with van der Waals surface area (Å²) in [5.74, 6) is -0.613. The molecule has 1 saturated heterocycles. The average molecular weight is 524 g/mol. The Labute approximate surface area is 215 Å². The van der Waals surface area contributed by atoms with Gasteiger partial charge in [0, 0.05) is 36.6 Å². The van der Waals surface area contributed by atoms with E-state index in [2.05, 4.69) is 10.3 Å². The Morgan fingerprint density at radius 3 is 2.32 bits per heavy atom. The lowest BCUT2D eigenvalue weighted by atomic mass is 10.1. The average Bonchev–Trinajstić information content (AvgIpc) is 2.92. The van der Waals surface area contributed by atoms with Gasteiger partial charge < -0.3 is 19.7 Å². The van der Waals surface area contributed by atoms with Gasteiger partial charge in [0.2, 0.25) is 5.88 Å². The van der Waals surface area contributed by atoms with E-state index in [1.807, 2.05) is 6.07 Å². The maximum Gasteiger partial charge on any atom is 0.417 e. The quantitative estimate of drug-likeness (QED) is 0.403. The minimum atomic E-state index is -4.88. The highest BCUT2D eigenvalue weighted by Gasteiger charge is 2.36. The number of pyridine rings is 2. The third-order valence-corrected chi connectivity index (χ3v) is 6.02. The fourth-order valence-corrected chi connectivity index (χ4v) is 4.23. The van der Waals surface area contributed by atoms with Crippen LogP contribution in [0.5, 0.6) is 5.88 Å². The number of hydrogen-bond donors (Lipinski definition) is 1. The molecule has 0 spiro atoms. The summed E-state index contributed by atoms with van der Waals surface area (Å²) >= 11 is 0. The topological polar surface area (TPSA) is 85.7 Å². The number of aromatic nitrogens is 2. The van der Waals surface area contributed by atoms with Crippen LogP contribution >= 0.6 is 0 Å². The lowest BCUT2D eigenvalue weighted by Gasteiger charge is -2.26. The SMILES string of the molecule is O=C(COc1cc(C(F)(F)F)c2c(=O)cc(Nc3ccccc3)n(-c3ccccc3)c2n1)N1CCOCC1. The van der Waals surface area contributed by atoms with Gasteiger partial charge in [-0.15, -0.1) is 0 Å². The molecule has 0 radical (unpaired) electrons. The predicted octanol–water partition coefficient (Wildman–Crippen LogP) is 4.39. The summed E-state index contributed by atoms with van der Waals surface area (Å²) in [7, 11) is 0. The van der Waals surface area contributed by atoms with Crippen LogP contribution in [-0.2, 0) is 15.7 Å². The molecule has 1 fully saturated rings. The Bertz CT molecular complexity index is 1500. The summed E-state index contributed by atoms with van der Waals surface area (Å²) in [6.45, 7) is 0.969. The highest BCUT2D eigenvalue weighted by Crippen LogP contribution is 2.37. The van der Waals surface area contributed by atoms with Gasteiger partial charge in [-0.3, -0.25) is 14.2 Å². The van der Waals surface area contributed by atoms with Gasteiger partial charge in [0.05, 0.1) is 24.2 Å². The van der Waals surface area contributed by atoms with E-state index < -0.39 is 40.9 Å². The number of hydrogen-bond acceptors (Lipinski definition) is 6. The molecule has 0 saturated carbocycles. The van der Waals surface area contributed by atoms with Crippen LogP contribution in [0.2, 0.25) is 0 Å². The first-order valence-electron chi connectivity index (χ1n) is 11.8. The fourth-order valence-electron chi connectivity index (χ4n) is 4.23. The number of ether oxygens (including phenoxy) is 2. The van der Waals surface area contributed by atoms with Crippen LogP contribution in [0.1, 0.15) is 5.56 Å². The van der Waals surface area contributed by atoms with E-state index in [-0.39, 0.29) is 11.5 Å². The smallest absolute Gasteiger partial charge is 0.417 e. The van der Waals surface area contributed by atoms with Gasteiger partial charge in [-0.2, -0.15) is 18.2 Å². The van der Waals surface area contributed by atoms with Crippen molar-refractivity contribution in [1.29, 1.82) is 0 Å². The standard InChI is InChI=1S/C27H23F3N4O4/c28-27(29,30)20-15-23(38-17-24(36)33-11-13-37-14-12-33)32-26-25(20)21(35)16-22(31-18-7-3-1-4-8-18)34(26)19-9-5-2-6-10-19/h1-10,15-16,31H,11-14,17H2. The molecule has 1 aliphatic rings. The van der Waals surface area contributed by atoms with Crippen molar-refractivity contribution in [1.82, 2.24) is 14.5 Å². The van der Waals surface area contributed by atoms with Gasteiger partial charge in [0.25, 0.3) is 5.91 Å². The molecule has 1 N–H and O–H groups in total. The summed E-state index contributed by atoms with van der Waals surface area (Å²) in [6, 6.07) is 19.2. The Kier molecular flexibility index (Phi) is 7.01. The van der Waals surface area contributed by atoms with Crippen molar-refractivity contribution in [2.45, 2.75) is 6.18 Å². The van der Waals surface area contributed by atoms with Crippen LogP contribution in [0, 0.1) is 0 Å². The Balaban J connectivity index is 1.66. The minimum Gasteiger partial charge on any atom is -0.467 e. The molecule has 5 rings (SSSR count). The van der Waals surface area contributed by atoms with Gasteiger partial charge >= 0.3 is 6.18 Å². The summed E-state index contributed by atoms with van der Waals surface area (Å²) in [4.78, 5) is 31.5. The largest absolute Gasteiger partial charge is 0.467 e. The third kappa shape index (κ3) is 5.32. The number of para-hydroxylation sites is 2. The van der Waals surface area contributed by atoms with Crippen LogP contribution in [-0.4, -0.2) is 53.3 Å². The predicted molar refractivity (Wildman–Crippen MR) is 135 cm³/mol. The van der Waals surface area contributed by atoms with Gasteiger partial charge in [0.1, 0.15) is 5.82 Å². The number of carbonyl (C=O) groups excluding carboxylic acids is 1. The Hall–Kier alpha value is -4.38. The van der Waals surface area contributed by atoms with Gasteiger partial charge in [0.15, 0.2) is 17.7 Å². The molecular weight excluding hydrogens is 501 g/mol. The van der Waals surface area contributed by atoms with Crippen molar-refractivity contribution < 1.29 is 27.4 Å². The van der Waals surface area contributed by atoms with Gasteiger partial charge in [-0.1, -0.05) is 36.4 Å². The number of alkyl halides is 3. The first kappa shape index (κ1) is 25.3. The molecule has 4 aromatic rings.